The van der Waals surface area contributed by atoms with E-state index in [2.05, 4.69) is 9.88 Å². The van der Waals surface area contributed by atoms with Gasteiger partial charge in [-0.15, -0.1) is 0 Å². The largest absolute Gasteiger partial charge is 0.462 e. The highest BCUT2D eigenvalue weighted by molar-refractivity contribution is 6.05. The van der Waals surface area contributed by atoms with Gasteiger partial charge in [-0.05, 0) is 32.9 Å². The number of fused-ring (bicyclic) bond motifs is 1. The molecule has 27 heavy (non-hydrogen) atoms. The molecule has 7 heteroatoms. The van der Waals surface area contributed by atoms with Crippen LogP contribution in [0.2, 0.25) is 0 Å². The van der Waals surface area contributed by atoms with Crippen LogP contribution in [0.1, 0.15) is 37.2 Å². The molecule has 2 N–H and O–H groups in total. The van der Waals surface area contributed by atoms with E-state index in [1.54, 1.807) is 13.8 Å². The first kappa shape index (κ1) is 20.5. The van der Waals surface area contributed by atoms with Gasteiger partial charge in [0.2, 0.25) is 0 Å². The molecule has 1 aliphatic rings. The molecule has 2 aromatic rings. The van der Waals surface area contributed by atoms with E-state index in [9.17, 15) is 9.59 Å². The van der Waals surface area contributed by atoms with Crippen LogP contribution >= 0.6 is 0 Å². The predicted octanol–water partition coefficient (Wildman–Crippen LogP) is 2.77. The molecule has 0 radical (unpaired) electrons. The molecule has 0 amide bonds. The molecular weight excluding hydrogens is 344 g/mol. The fourth-order valence-corrected chi connectivity index (χ4v) is 3.38. The molecule has 0 unspecified atom stereocenters. The number of aromatic amines is 1. The molecule has 1 saturated heterocycles. The van der Waals surface area contributed by atoms with Gasteiger partial charge in [-0.3, -0.25) is 10.2 Å². The van der Waals surface area contributed by atoms with E-state index in [1.807, 2.05) is 30.0 Å². The predicted molar refractivity (Wildman–Crippen MR) is 109 cm³/mol. The zero-order valence-electron chi connectivity index (χ0n) is 15.4. The number of nitrogens with one attached hydrogen (secondary N) is 2. The number of hydrogen-bond donors (Lipinski definition) is 2. The Kier molecular flexibility index (Phi) is 6.25. The van der Waals surface area contributed by atoms with Gasteiger partial charge in [-0.2, -0.15) is 0 Å². The number of hydrogen-bond acceptors (Lipinski definition) is 5. The van der Waals surface area contributed by atoms with Crippen LogP contribution in [0.3, 0.4) is 0 Å². The number of H-pyrrole nitrogens is 1. The number of anilines is 1. The molecule has 1 aromatic heterocycles. The highest BCUT2D eigenvalue weighted by Crippen LogP contribution is 2.30. The van der Waals surface area contributed by atoms with Crippen molar-refractivity contribution in [2.45, 2.75) is 28.2 Å². The van der Waals surface area contributed by atoms with Gasteiger partial charge in [0.25, 0.3) is 5.56 Å². The number of carbonyl (C=O) groups excluding carboxylic acids is 1. The minimum atomic E-state index is -0.599. The van der Waals surface area contributed by atoms with Crippen molar-refractivity contribution in [3.63, 3.8) is 0 Å². The second-order valence-corrected chi connectivity index (χ2v) is 6.51. The number of rotatable bonds is 3. The Balaban J connectivity index is 0.00000261. The van der Waals surface area contributed by atoms with Gasteiger partial charge in [0, 0.05) is 31.6 Å². The average molecular weight is 372 g/mol. The third-order valence-electron chi connectivity index (χ3n) is 4.69. The van der Waals surface area contributed by atoms with Crippen LogP contribution in [-0.4, -0.2) is 54.5 Å². The van der Waals surface area contributed by atoms with E-state index in [0.717, 1.165) is 10.9 Å². The third-order valence-corrected chi connectivity index (χ3v) is 4.69. The molecule has 3 rings (SSSR count). The van der Waals surface area contributed by atoms with Gasteiger partial charge >= 0.3 is 5.97 Å². The number of benzene rings is 1. The summed E-state index contributed by atoms with van der Waals surface area (Å²) in [7, 11) is 0. The summed E-state index contributed by atoms with van der Waals surface area (Å²) in [6.07, 6.45) is 0. The Labute approximate surface area is 159 Å². The SMILES string of the molecule is C.CCOC(=O)c1c(N2CCN(C(C)=N)CC2)c2cc(C)ccc2[nH]c1=O. The van der Waals surface area contributed by atoms with E-state index >= 15 is 0 Å². The normalized spacial score (nSPS) is 14.0. The Hall–Kier alpha value is -2.83. The van der Waals surface area contributed by atoms with Crippen molar-refractivity contribution in [3.8, 4) is 0 Å². The van der Waals surface area contributed by atoms with Crippen LogP contribution < -0.4 is 10.5 Å². The van der Waals surface area contributed by atoms with E-state index in [1.165, 1.54) is 0 Å². The fourth-order valence-electron chi connectivity index (χ4n) is 3.38. The number of aromatic nitrogens is 1. The first-order valence-corrected chi connectivity index (χ1v) is 8.81. The van der Waals surface area contributed by atoms with Crippen molar-refractivity contribution in [1.82, 2.24) is 9.88 Å². The number of carbonyl (C=O) groups is 1. The lowest BCUT2D eigenvalue weighted by molar-refractivity contribution is 0.0525. The van der Waals surface area contributed by atoms with E-state index in [-0.39, 0.29) is 19.6 Å². The molecule has 1 fully saturated rings. The maximum Gasteiger partial charge on any atom is 0.345 e. The molecule has 1 aliphatic heterocycles. The van der Waals surface area contributed by atoms with Gasteiger partial charge < -0.3 is 19.5 Å². The summed E-state index contributed by atoms with van der Waals surface area (Å²) < 4.78 is 5.15. The zero-order valence-corrected chi connectivity index (χ0v) is 15.4. The molecule has 7 nitrogen and oxygen atoms in total. The summed E-state index contributed by atoms with van der Waals surface area (Å²) in [5, 5.41) is 8.64. The first-order chi connectivity index (χ1) is 12.4. The Morgan fingerprint density at radius 3 is 2.52 bits per heavy atom. The van der Waals surface area contributed by atoms with Gasteiger partial charge in [-0.1, -0.05) is 19.1 Å². The van der Waals surface area contributed by atoms with Crippen molar-refractivity contribution in [2.24, 2.45) is 0 Å². The maximum atomic E-state index is 12.6. The molecule has 0 atom stereocenters. The summed E-state index contributed by atoms with van der Waals surface area (Å²) in [6, 6.07) is 5.78. The summed E-state index contributed by atoms with van der Waals surface area (Å²) in [4.78, 5) is 32.0. The van der Waals surface area contributed by atoms with Gasteiger partial charge in [0.15, 0.2) is 0 Å². The molecule has 0 bridgehead atoms. The molecule has 0 spiro atoms. The van der Waals surface area contributed by atoms with Crippen LogP contribution in [-0.2, 0) is 4.74 Å². The Morgan fingerprint density at radius 2 is 1.93 bits per heavy atom. The standard InChI is InChI=1S/C19H24N4O3.CH4/c1-4-26-19(25)16-17(23-9-7-22(8-10-23)13(3)20)14-11-12(2)5-6-15(14)21-18(16)24;/h5-6,11,20H,4,7-10H2,1-3H3,(H,21,24);1H4. The minimum Gasteiger partial charge on any atom is -0.462 e. The lowest BCUT2D eigenvalue weighted by atomic mass is 10.0. The second kappa shape index (κ2) is 8.24. The van der Waals surface area contributed by atoms with Crippen molar-refractivity contribution < 1.29 is 9.53 Å². The van der Waals surface area contributed by atoms with E-state index in [4.69, 9.17) is 10.1 Å². The molecule has 0 aliphatic carbocycles. The van der Waals surface area contributed by atoms with Crippen LogP contribution in [0.15, 0.2) is 23.0 Å². The number of ether oxygens (including phenoxy) is 1. The Bertz CT molecular complexity index is 911. The molecule has 2 heterocycles. The van der Waals surface area contributed by atoms with Crippen LogP contribution in [0, 0.1) is 12.3 Å². The van der Waals surface area contributed by atoms with Crippen molar-refractivity contribution in [2.75, 3.05) is 37.7 Å². The molecule has 0 saturated carbocycles. The third kappa shape index (κ3) is 3.97. The van der Waals surface area contributed by atoms with Crippen LogP contribution in [0.25, 0.3) is 10.9 Å². The van der Waals surface area contributed by atoms with E-state index in [0.29, 0.717) is 43.2 Å². The highest BCUT2D eigenvalue weighted by Gasteiger charge is 2.27. The monoisotopic (exact) mass is 372 g/mol. The fraction of sp³-hybridized carbons (Fsp3) is 0.450. The van der Waals surface area contributed by atoms with E-state index < -0.39 is 11.5 Å². The number of piperazine rings is 1. The second-order valence-electron chi connectivity index (χ2n) is 6.51. The molecular formula is C20H28N4O3. The number of amidine groups is 1. The number of pyridine rings is 1. The average Bonchev–Trinajstić information content (AvgIpc) is 2.61. The van der Waals surface area contributed by atoms with Gasteiger partial charge in [-0.25, -0.2) is 4.79 Å². The zero-order chi connectivity index (χ0) is 18.8. The smallest absolute Gasteiger partial charge is 0.345 e. The summed E-state index contributed by atoms with van der Waals surface area (Å²) in [6.45, 7) is 8.31. The Morgan fingerprint density at radius 1 is 1.26 bits per heavy atom. The molecule has 1 aromatic carbocycles. The van der Waals surface area contributed by atoms with Gasteiger partial charge in [0.1, 0.15) is 5.56 Å². The maximum absolute atomic E-state index is 12.6. The van der Waals surface area contributed by atoms with Crippen molar-refractivity contribution in [3.05, 3.63) is 39.7 Å². The summed E-state index contributed by atoms with van der Waals surface area (Å²) >= 11 is 0. The topological polar surface area (TPSA) is 89.5 Å². The minimum absolute atomic E-state index is 0. The number of esters is 1. The summed E-state index contributed by atoms with van der Waals surface area (Å²) in [5.74, 6) is -0.0697. The number of aryl methyl sites for hydroxylation is 1. The highest BCUT2D eigenvalue weighted by atomic mass is 16.5. The van der Waals surface area contributed by atoms with Crippen molar-refractivity contribution >= 4 is 28.4 Å². The van der Waals surface area contributed by atoms with Crippen LogP contribution in [0.5, 0.6) is 0 Å². The molecule has 146 valence electrons. The van der Waals surface area contributed by atoms with Crippen molar-refractivity contribution in [1.29, 1.82) is 5.41 Å². The quantitative estimate of drug-likeness (QED) is 0.491. The van der Waals surface area contributed by atoms with Crippen LogP contribution in [0.4, 0.5) is 5.69 Å². The van der Waals surface area contributed by atoms with Gasteiger partial charge in [0.05, 0.1) is 23.6 Å². The lowest BCUT2D eigenvalue weighted by Crippen LogP contribution is -2.48. The number of nitrogens with zero attached hydrogens (tertiary/aromatic N) is 2. The first-order valence-electron chi connectivity index (χ1n) is 8.81. The lowest BCUT2D eigenvalue weighted by Gasteiger charge is -2.37. The summed E-state index contributed by atoms with van der Waals surface area (Å²) in [5.41, 5.74) is 2.02.